The Labute approximate surface area is 165 Å². The van der Waals surface area contributed by atoms with Gasteiger partial charge in [-0.1, -0.05) is 12.5 Å². The van der Waals surface area contributed by atoms with Crippen molar-refractivity contribution >= 4 is 23.0 Å². The number of carbonyl (C=O) groups is 1. The molecule has 0 radical (unpaired) electrons. The SMILES string of the molecule is COCCCN(c1nc2c(C(N)=O)cccc2o1)C1CC2CCCC(C1)N2C. The Balaban J connectivity index is 1.65. The molecular formula is C21H30N4O3. The van der Waals surface area contributed by atoms with Crippen molar-refractivity contribution in [2.75, 3.05) is 32.2 Å². The number of amides is 1. The molecule has 2 saturated heterocycles. The largest absolute Gasteiger partial charge is 0.423 e. The summed E-state index contributed by atoms with van der Waals surface area (Å²) in [4.78, 5) is 21.3. The number of piperidine rings is 2. The first-order valence-electron chi connectivity index (χ1n) is 10.3. The van der Waals surface area contributed by atoms with E-state index in [1.165, 1.54) is 19.3 Å². The lowest BCUT2D eigenvalue weighted by atomic mass is 9.81. The van der Waals surface area contributed by atoms with Crippen molar-refractivity contribution in [2.24, 2.45) is 5.73 Å². The lowest BCUT2D eigenvalue weighted by Gasteiger charge is -2.49. The highest BCUT2D eigenvalue weighted by molar-refractivity contribution is 6.03. The second kappa shape index (κ2) is 8.09. The summed E-state index contributed by atoms with van der Waals surface area (Å²) in [5.74, 6) is -0.481. The van der Waals surface area contributed by atoms with E-state index < -0.39 is 5.91 Å². The molecule has 0 saturated carbocycles. The van der Waals surface area contributed by atoms with Crippen LogP contribution in [0.2, 0.25) is 0 Å². The summed E-state index contributed by atoms with van der Waals surface area (Å²) >= 11 is 0. The molecule has 7 heteroatoms. The van der Waals surface area contributed by atoms with E-state index in [1.807, 2.05) is 6.07 Å². The number of para-hydroxylation sites is 1. The number of ether oxygens (including phenoxy) is 1. The fourth-order valence-corrected chi connectivity index (χ4v) is 4.91. The van der Waals surface area contributed by atoms with Gasteiger partial charge in [-0.25, -0.2) is 0 Å². The van der Waals surface area contributed by atoms with Gasteiger partial charge in [0, 0.05) is 38.4 Å². The number of anilines is 1. The van der Waals surface area contributed by atoms with E-state index in [0.717, 1.165) is 25.8 Å². The number of nitrogens with zero attached hydrogens (tertiary/aromatic N) is 3. The average Bonchev–Trinajstić information content (AvgIpc) is 3.09. The summed E-state index contributed by atoms with van der Waals surface area (Å²) in [6, 6.07) is 7.54. The van der Waals surface area contributed by atoms with Crippen LogP contribution in [0.15, 0.2) is 22.6 Å². The quantitative estimate of drug-likeness (QED) is 0.737. The monoisotopic (exact) mass is 386 g/mol. The van der Waals surface area contributed by atoms with Crippen LogP contribution in [0.3, 0.4) is 0 Å². The van der Waals surface area contributed by atoms with Crippen LogP contribution >= 0.6 is 0 Å². The number of carbonyl (C=O) groups excluding carboxylic acids is 1. The Bertz CT molecular complexity index is 822. The number of hydrogen-bond acceptors (Lipinski definition) is 6. The number of fused-ring (bicyclic) bond motifs is 3. The molecule has 0 aliphatic carbocycles. The molecule has 0 spiro atoms. The smallest absolute Gasteiger partial charge is 0.298 e. The Morgan fingerprint density at radius 3 is 2.79 bits per heavy atom. The van der Waals surface area contributed by atoms with E-state index in [4.69, 9.17) is 19.9 Å². The van der Waals surface area contributed by atoms with Gasteiger partial charge in [0.1, 0.15) is 5.52 Å². The Kier molecular flexibility index (Phi) is 5.55. The van der Waals surface area contributed by atoms with E-state index in [9.17, 15) is 4.79 Å². The molecule has 1 aromatic heterocycles. The molecule has 152 valence electrons. The van der Waals surface area contributed by atoms with Crippen molar-refractivity contribution in [2.45, 2.75) is 56.7 Å². The maximum Gasteiger partial charge on any atom is 0.298 e. The van der Waals surface area contributed by atoms with Crippen LogP contribution < -0.4 is 10.6 Å². The minimum Gasteiger partial charge on any atom is -0.423 e. The lowest BCUT2D eigenvalue weighted by molar-refractivity contribution is 0.0537. The van der Waals surface area contributed by atoms with Crippen LogP contribution in [0.25, 0.3) is 11.1 Å². The summed E-state index contributed by atoms with van der Waals surface area (Å²) < 4.78 is 11.4. The molecule has 2 N–H and O–H groups in total. The second-order valence-electron chi connectivity index (χ2n) is 8.08. The average molecular weight is 386 g/mol. The van der Waals surface area contributed by atoms with Crippen LogP contribution in [0.1, 0.15) is 48.9 Å². The molecule has 2 unspecified atom stereocenters. The van der Waals surface area contributed by atoms with Gasteiger partial charge >= 0.3 is 0 Å². The maximum atomic E-state index is 11.8. The number of benzene rings is 1. The zero-order valence-corrected chi connectivity index (χ0v) is 16.8. The summed E-state index contributed by atoms with van der Waals surface area (Å²) in [5.41, 5.74) is 7.09. The van der Waals surface area contributed by atoms with Gasteiger partial charge in [0.25, 0.3) is 11.9 Å². The fourth-order valence-electron chi connectivity index (χ4n) is 4.91. The minimum absolute atomic E-state index is 0.383. The van der Waals surface area contributed by atoms with Crippen LogP contribution in [0.4, 0.5) is 6.01 Å². The number of methoxy groups -OCH3 is 1. The van der Waals surface area contributed by atoms with Gasteiger partial charge in [-0.2, -0.15) is 4.98 Å². The predicted molar refractivity (Wildman–Crippen MR) is 109 cm³/mol. The van der Waals surface area contributed by atoms with Gasteiger partial charge in [-0.3, -0.25) is 4.79 Å². The predicted octanol–water partition coefficient (Wildman–Crippen LogP) is 2.78. The van der Waals surface area contributed by atoms with Gasteiger partial charge in [0.05, 0.1) is 5.56 Å². The fraction of sp³-hybridized carbons (Fsp3) is 0.619. The minimum atomic E-state index is -0.481. The molecule has 2 aliphatic rings. The molecule has 1 aromatic carbocycles. The molecule has 4 rings (SSSR count). The van der Waals surface area contributed by atoms with Gasteiger partial charge in [-0.05, 0) is 51.3 Å². The molecule has 2 aliphatic heterocycles. The van der Waals surface area contributed by atoms with Crippen LogP contribution in [0, 0.1) is 0 Å². The van der Waals surface area contributed by atoms with Crippen molar-refractivity contribution in [1.29, 1.82) is 0 Å². The van der Waals surface area contributed by atoms with Crippen molar-refractivity contribution < 1.29 is 13.9 Å². The number of nitrogens with two attached hydrogens (primary N) is 1. The van der Waals surface area contributed by atoms with E-state index in [2.05, 4.69) is 16.8 Å². The van der Waals surface area contributed by atoms with E-state index in [1.54, 1.807) is 19.2 Å². The van der Waals surface area contributed by atoms with Crippen molar-refractivity contribution in [3.63, 3.8) is 0 Å². The molecule has 2 atom stereocenters. The third kappa shape index (κ3) is 3.61. The van der Waals surface area contributed by atoms with E-state index in [-0.39, 0.29) is 0 Å². The Hall–Kier alpha value is -2.12. The van der Waals surface area contributed by atoms with Crippen molar-refractivity contribution in [1.82, 2.24) is 9.88 Å². The molecule has 2 bridgehead atoms. The Morgan fingerprint density at radius 2 is 2.11 bits per heavy atom. The molecule has 28 heavy (non-hydrogen) atoms. The Morgan fingerprint density at radius 1 is 1.36 bits per heavy atom. The highest BCUT2D eigenvalue weighted by Gasteiger charge is 2.39. The zero-order chi connectivity index (χ0) is 19.7. The molecule has 7 nitrogen and oxygen atoms in total. The third-order valence-corrected chi connectivity index (χ3v) is 6.42. The van der Waals surface area contributed by atoms with Gasteiger partial charge in [0.2, 0.25) is 0 Å². The summed E-state index contributed by atoms with van der Waals surface area (Å²) in [5, 5.41) is 0. The molecular weight excluding hydrogens is 356 g/mol. The van der Waals surface area contributed by atoms with Gasteiger partial charge in [0.15, 0.2) is 5.58 Å². The van der Waals surface area contributed by atoms with E-state index >= 15 is 0 Å². The summed E-state index contributed by atoms with van der Waals surface area (Å²) in [7, 11) is 3.99. The first-order chi connectivity index (χ1) is 13.6. The number of aromatic nitrogens is 1. The van der Waals surface area contributed by atoms with Crippen molar-refractivity contribution in [3.8, 4) is 0 Å². The standard InChI is InChI=1S/C21H30N4O3/c1-24-14-6-3-7-15(24)13-16(12-14)25(10-5-11-27-2)21-23-19-17(20(22)26)8-4-9-18(19)28-21/h4,8-9,14-16H,3,5-7,10-13H2,1-2H3,(H2,22,26). The van der Waals surface area contributed by atoms with Crippen molar-refractivity contribution in [3.05, 3.63) is 23.8 Å². The van der Waals surface area contributed by atoms with Gasteiger partial charge < -0.3 is 24.7 Å². The number of hydrogen-bond donors (Lipinski definition) is 1. The highest BCUT2D eigenvalue weighted by atomic mass is 16.5. The zero-order valence-electron chi connectivity index (χ0n) is 16.8. The molecule has 3 heterocycles. The maximum absolute atomic E-state index is 11.8. The van der Waals surface area contributed by atoms with Crippen LogP contribution in [-0.4, -0.2) is 61.2 Å². The summed E-state index contributed by atoms with van der Waals surface area (Å²) in [6.45, 7) is 1.52. The molecule has 2 aromatic rings. The van der Waals surface area contributed by atoms with Crippen LogP contribution in [0.5, 0.6) is 0 Å². The molecule has 1 amide bonds. The number of oxazole rings is 1. The first kappa shape index (κ1) is 19.2. The van der Waals surface area contributed by atoms with Gasteiger partial charge in [-0.15, -0.1) is 0 Å². The van der Waals surface area contributed by atoms with Crippen LogP contribution in [-0.2, 0) is 4.74 Å². The number of rotatable bonds is 7. The number of primary amides is 1. The summed E-state index contributed by atoms with van der Waals surface area (Å²) in [6.07, 6.45) is 6.97. The van der Waals surface area contributed by atoms with E-state index in [0.29, 0.717) is 47.4 Å². The molecule has 2 fully saturated rings. The second-order valence-corrected chi connectivity index (χ2v) is 8.08. The third-order valence-electron chi connectivity index (χ3n) is 6.42. The topological polar surface area (TPSA) is 84.8 Å². The first-order valence-corrected chi connectivity index (χ1v) is 10.3. The lowest BCUT2D eigenvalue weighted by Crippen LogP contribution is -2.55. The normalized spacial score (nSPS) is 25.1. The highest BCUT2D eigenvalue weighted by Crippen LogP contribution is 2.37.